The highest BCUT2D eigenvalue weighted by atomic mass is 16.6. The fourth-order valence-corrected chi connectivity index (χ4v) is 1.79. The van der Waals surface area contributed by atoms with Crippen LogP contribution in [0.5, 0.6) is 0 Å². The maximum Gasteiger partial charge on any atom is 0.366 e. The van der Waals surface area contributed by atoms with Crippen molar-refractivity contribution in [1.82, 2.24) is 5.32 Å². The van der Waals surface area contributed by atoms with Crippen LogP contribution in [0, 0.1) is 0 Å². The van der Waals surface area contributed by atoms with Gasteiger partial charge in [-0.05, 0) is 12.0 Å². The molecular weight excluding hydrogens is 250 g/mol. The molecule has 0 saturated carbocycles. The van der Waals surface area contributed by atoms with E-state index in [9.17, 15) is 9.59 Å². The van der Waals surface area contributed by atoms with Crippen molar-refractivity contribution in [2.45, 2.75) is 18.8 Å². The third-order valence-electron chi connectivity index (χ3n) is 2.82. The summed E-state index contributed by atoms with van der Waals surface area (Å²) in [6.07, 6.45) is 0.654. The first-order chi connectivity index (χ1) is 9.15. The van der Waals surface area contributed by atoms with Crippen molar-refractivity contribution >= 4 is 11.9 Å². The number of carbonyl (C=O) groups excluding carboxylic acids is 1. The molecule has 0 radical (unpaired) electrons. The van der Waals surface area contributed by atoms with Gasteiger partial charge in [0.1, 0.15) is 6.61 Å². The molecule has 19 heavy (non-hydrogen) atoms. The largest absolute Gasteiger partial charge is 0.478 e. The summed E-state index contributed by atoms with van der Waals surface area (Å²) in [4.78, 5) is 23.2. The average molecular weight is 265 g/mol. The molecule has 1 heterocycles. The van der Waals surface area contributed by atoms with Crippen LogP contribution >= 0.6 is 0 Å². The predicted octanol–water partition coefficient (Wildman–Crippen LogP) is 0.521. The third kappa shape index (κ3) is 2.91. The average Bonchev–Trinajstić information content (AvgIpc) is 2.46. The van der Waals surface area contributed by atoms with E-state index >= 15 is 0 Å². The lowest BCUT2D eigenvalue weighted by Gasteiger charge is -2.31. The molecule has 1 aliphatic heterocycles. The Morgan fingerprint density at radius 2 is 2.11 bits per heavy atom. The van der Waals surface area contributed by atoms with Crippen LogP contribution in [0.4, 0.5) is 0 Å². The third-order valence-corrected chi connectivity index (χ3v) is 2.82. The highest BCUT2D eigenvalue weighted by Crippen LogP contribution is 2.16. The lowest BCUT2D eigenvalue weighted by atomic mass is 10.1. The molecule has 0 spiro atoms. The minimum Gasteiger partial charge on any atom is -0.478 e. The summed E-state index contributed by atoms with van der Waals surface area (Å²) in [5, 5.41) is 11.7. The second-order valence-corrected chi connectivity index (χ2v) is 4.18. The second kappa shape index (κ2) is 5.81. The quantitative estimate of drug-likeness (QED) is 0.610. The monoisotopic (exact) mass is 265 g/mol. The molecule has 0 aromatic heterocycles. The molecule has 1 aromatic rings. The second-order valence-electron chi connectivity index (χ2n) is 4.18. The SMILES string of the molecule is O=C(O)C1(C(=O)OCc2ccccc2)NCCCO1. The zero-order valence-electron chi connectivity index (χ0n) is 10.3. The Balaban J connectivity index is 2.02. The number of aliphatic carboxylic acids is 1. The first-order valence-corrected chi connectivity index (χ1v) is 5.99. The molecule has 1 aliphatic rings. The minimum absolute atomic E-state index is 0.0136. The standard InChI is InChI=1S/C13H15NO5/c15-11(16)13(14-7-4-8-19-13)12(17)18-9-10-5-2-1-3-6-10/h1-3,5-6,14H,4,7-9H2,(H,15,16). The summed E-state index contributed by atoms with van der Waals surface area (Å²) >= 11 is 0. The van der Waals surface area contributed by atoms with Gasteiger partial charge in [-0.2, -0.15) is 0 Å². The molecule has 1 aromatic carbocycles. The Kier molecular flexibility index (Phi) is 4.13. The summed E-state index contributed by atoms with van der Waals surface area (Å²) in [5.74, 6) is -2.31. The van der Waals surface area contributed by atoms with E-state index in [-0.39, 0.29) is 13.2 Å². The van der Waals surface area contributed by atoms with Crippen LogP contribution in [0.1, 0.15) is 12.0 Å². The molecule has 6 heteroatoms. The van der Waals surface area contributed by atoms with Crippen LogP contribution in [-0.4, -0.2) is 35.9 Å². The first-order valence-electron chi connectivity index (χ1n) is 5.99. The first kappa shape index (κ1) is 13.5. The molecule has 0 amide bonds. The van der Waals surface area contributed by atoms with Crippen LogP contribution in [0.25, 0.3) is 0 Å². The van der Waals surface area contributed by atoms with Gasteiger partial charge in [-0.3, -0.25) is 5.32 Å². The van der Waals surface area contributed by atoms with E-state index in [0.717, 1.165) is 5.56 Å². The van der Waals surface area contributed by atoms with E-state index in [1.54, 1.807) is 12.1 Å². The molecular formula is C13H15NO5. The van der Waals surface area contributed by atoms with Gasteiger partial charge < -0.3 is 14.6 Å². The lowest BCUT2D eigenvalue weighted by Crippen LogP contribution is -2.63. The maximum absolute atomic E-state index is 11.9. The van der Waals surface area contributed by atoms with Crippen molar-refractivity contribution in [2.75, 3.05) is 13.2 Å². The van der Waals surface area contributed by atoms with Crippen LogP contribution in [0.15, 0.2) is 30.3 Å². The van der Waals surface area contributed by atoms with Crippen LogP contribution in [0.2, 0.25) is 0 Å². The number of ether oxygens (including phenoxy) is 2. The van der Waals surface area contributed by atoms with Crippen molar-refractivity contribution < 1.29 is 24.2 Å². The van der Waals surface area contributed by atoms with E-state index in [0.29, 0.717) is 13.0 Å². The molecule has 2 rings (SSSR count). The van der Waals surface area contributed by atoms with E-state index in [1.807, 2.05) is 18.2 Å². The molecule has 1 fully saturated rings. The van der Waals surface area contributed by atoms with Gasteiger partial charge in [-0.1, -0.05) is 30.3 Å². The summed E-state index contributed by atoms with van der Waals surface area (Å²) in [5.41, 5.74) is -1.29. The number of esters is 1. The van der Waals surface area contributed by atoms with Gasteiger partial charge in [0.15, 0.2) is 0 Å². The van der Waals surface area contributed by atoms with Gasteiger partial charge in [0.25, 0.3) is 0 Å². The van der Waals surface area contributed by atoms with Gasteiger partial charge in [0.2, 0.25) is 0 Å². The van der Waals surface area contributed by atoms with E-state index in [1.165, 1.54) is 0 Å². The van der Waals surface area contributed by atoms with E-state index < -0.39 is 17.7 Å². The van der Waals surface area contributed by atoms with Gasteiger partial charge in [0, 0.05) is 6.54 Å². The van der Waals surface area contributed by atoms with Crippen LogP contribution in [-0.2, 0) is 25.7 Å². The number of hydrogen-bond acceptors (Lipinski definition) is 5. The molecule has 0 aliphatic carbocycles. The normalized spacial score (nSPS) is 22.7. The Morgan fingerprint density at radius 3 is 2.68 bits per heavy atom. The van der Waals surface area contributed by atoms with Gasteiger partial charge in [0.05, 0.1) is 6.61 Å². The van der Waals surface area contributed by atoms with Crippen molar-refractivity contribution in [2.24, 2.45) is 0 Å². The van der Waals surface area contributed by atoms with E-state index in [2.05, 4.69) is 5.32 Å². The Bertz CT molecular complexity index is 453. The molecule has 1 saturated heterocycles. The molecule has 102 valence electrons. The topological polar surface area (TPSA) is 84.9 Å². The molecule has 2 N–H and O–H groups in total. The molecule has 1 atom stereocenters. The number of benzene rings is 1. The summed E-state index contributed by atoms with van der Waals surface area (Å²) in [7, 11) is 0. The zero-order valence-corrected chi connectivity index (χ0v) is 10.3. The predicted molar refractivity (Wildman–Crippen MR) is 65.2 cm³/mol. The fourth-order valence-electron chi connectivity index (χ4n) is 1.79. The smallest absolute Gasteiger partial charge is 0.366 e. The summed E-state index contributed by atoms with van der Waals surface area (Å²) in [6.45, 7) is 0.617. The highest BCUT2D eigenvalue weighted by molar-refractivity contribution is 6.02. The van der Waals surface area contributed by atoms with Gasteiger partial charge in [-0.15, -0.1) is 0 Å². The van der Waals surface area contributed by atoms with Crippen molar-refractivity contribution in [3.05, 3.63) is 35.9 Å². The molecule has 1 unspecified atom stereocenters. The number of carboxylic acid groups (broad SMARTS) is 1. The van der Waals surface area contributed by atoms with Gasteiger partial charge in [-0.25, -0.2) is 9.59 Å². The Hall–Kier alpha value is -1.92. The highest BCUT2D eigenvalue weighted by Gasteiger charge is 2.50. The molecule has 0 bridgehead atoms. The summed E-state index contributed by atoms with van der Waals surface area (Å²) in [6, 6.07) is 9.04. The Morgan fingerprint density at radius 1 is 1.37 bits per heavy atom. The van der Waals surface area contributed by atoms with Crippen molar-refractivity contribution in [3.63, 3.8) is 0 Å². The minimum atomic E-state index is -2.08. The van der Waals surface area contributed by atoms with Crippen molar-refractivity contribution in [1.29, 1.82) is 0 Å². The van der Waals surface area contributed by atoms with Crippen LogP contribution < -0.4 is 5.32 Å². The van der Waals surface area contributed by atoms with Crippen molar-refractivity contribution in [3.8, 4) is 0 Å². The molecule has 6 nitrogen and oxygen atoms in total. The number of hydrogen-bond donors (Lipinski definition) is 2. The van der Waals surface area contributed by atoms with E-state index in [4.69, 9.17) is 14.6 Å². The zero-order chi connectivity index (χ0) is 13.7. The summed E-state index contributed by atoms with van der Waals surface area (Å²) < 4.78 is 10.1. The van der Waals surface area contributed by atoms with Gasteiger partial charge >= 0.3 is 17.7 Å². The maximum atomic E-state index is 11.9. The Labute approximate surface area is 110 Å². The fraction of sp³-hybridized carbons (Fsp3) is 0.385. The number of carbonyl (C=O) groups is 2. The van der Waals surface area contributed by atoms with Crippen LogP contribution in [0.3, 0.4) is 0 Å². The lowest BCUT2D eigenvalue weighted by molar-refractivity contribution is -0.198. The number of carboxylic acids is 1. The number of nitrogens with one attached hydrogen (secondary N) is 1. The number of rotatable bonds is 4.